The van der Waals surface area contributed by atoms with Crippen molar-refractivity contribution in [1.29, 1.82) is 0 Å². The van der Waals surface area contributed by atoms with Gasteiger partial charge in [0.2, 0.25) is 5.91 Å². The molecule has 1 saturated heterocycles. The summed E-state index contributed by atoms with van der Waals surface area (Å²) in [5.41, 5.74) is 0.413. The van der Waals surface area contributed by atoms with Gasteiger partial charge in [-0.15, -0.1) is 0 Å². The monoisotopic (exact) mass is 384 g/mol. The van der Waals surface area contributed by atoms with E-state index in [9.17, 15) is 9.59 Å². The average Bonchev–Trinajstić information content (AvgIpc) is 2.95. The summed E-state index contributed by atoms with van der Waals surface area (Å²) in [5.74, 6) is 1.02. The fraction of sp³-hybridized carbons (Fsp3) is 0.500. The summed E-state index contributed by atoms with van der Waals surface area (Å²) in [6.07, 6.45) is 2.30. The fourth-order valence-corrected chi connectivity index (χ4v) is 3.17. The first-order chi connectivity index (χ1) is 11.1. The zero-order chi connectivity index (χ0) is 16.8. The van der Waals surface area contributed by atoms with Gasteiger partial charge in [0.15, 0.2) is 0 Å². The highest BCUT2D eigenvalue weighted by atomic mass is 79.9. The Labute approximate surface area is 144 Å². The van der Waals surface area contributed by atoms with E-state index in [0.29, 0.717) is 41.0 Å². The Balaban J connectivity index is 1.92. The lowest BCUT2D eigenvalue weighted by molar-refractivity contribution is -0.127. The van der Waals surface area contributed by atoms with E-state index >= 15 is 0 Å². The SMILES string of the molecule is COc1cc(Br)c(OC)c(C(=O)NCCCN2CCCC2=O)c1. The number of ether oxygens (including phenoxy) is 2. The molecule has 0 bridgehead atoms. The molecule has 0 aromatic heterocycles. The molecule has 2 rings (SSSR count). The Hall–Kier alpha value is -1.76. The number of likely N-dealkylation sites (tertiary alicyclic amines) is 1. The third-order valence-electron chi connectivity index (χ3n) is 3.76. The van der Waals surface area contributed by atoms with E-state index in [-0.39, 0.29) is 11.8 Å². The molecule has 1 heterocycles. The van der Waals surface area contributed by atoms with Crippen LogP contribution in [-0.2, 0) is 4.79 Å². The van der Waals surface area contributed by atoms with E-state index < -0.39 is 0 Å². The van der Waals surface area contributed by atoms with Crippen molar-refractivity contribution >= 4 is 27.7 Å². The van der Waals surface area contributed by atoms with Gasteiger partial charge in [0.05, 0.1) is 24.3 Å². The molecule has 23 heavy (non-hydrogen) atoms. The van der Waals surface area contributed by atoms with Crippen molar-refractivity contribution in [2.75, 3.05) is 33.9 Å². The van der Waals surface area contributed by atoms with Crippen molar-refractivity contribution in [1.82, 2.24) is 10.2 Å². The maximum atomic E-state index is 12.4. The third-order valence-corrected chi connectivity index (χ3v) is 4.35. The average molecular weight is 385 g/mol. The number of hydrogen-bond donors (Lipinski definition) is 1. The first-order valence-corrected chi connectivity index (χ1v) is 8.33. The third kappa shape index (κ3) is 4.37. The molecule has 1 fully saturated rings. The molecule has 0 unspecified atom stereocenters. The molecule has 0 aliphatic carbocycles. The first kappa shape index (κ1) is 17.6. The second kappa shape index (κ2) is 8.19. The van der Waals surface area contributed by atoms with Gasteiger partial charge in [-0.25, -0.2) is 0 Å². The van der Waals surface area contributed by atoms with Crippen molar-refractivity contribution < 1.29 is 19.1 Å². The van der Waals surface area contributed by atoms with Crippen LogP contribution in [0.25, 0.3) is 0 Å². The molecule has 1 N–H and O–H groups in total. The molecule has 1 aromatic carbocycles. The zero-order valence-electron chi connectivity index (χ0n) is 13.4. The van der Waals surface area contributed by atoms with Crippen LogP contribution in [0.4, 0.5) is 0 Å². The Morgan fingerprint density at radius 3 is 2.74 bits per heavy atom. The number of nitrogens with one attached hydrogen (secondary N) is 1. The summed E-state index contributed by atoms with van der Waals surface area (Å²) in [4.78, 5) is 25.7. The Bertz CT molecular complexity index is 592. The van der Waals surface area contributed by atoms with Crippen LogP contribution in [0.5, 0.6) is 11.5 Å². The normalized spacial score (nSPS) is 14.0. The van der Waals surface area contributed by atoms with Crippen molar-refractivity contribution in [3.63, 3.8) is 0 Å². The molecule has 0 spiro atoms. The number of rotatable bonds is 7. The number of carbonyl (C=O) groups excluding carboxylic acids is 2. The van der Waals surface area contributed by atoms with Gasteiger partial charge in [0, 0.05) is 26.1 Å². The molecular formula is C16H21BrN2O4. The molecule has 6 nitrogen and oxygen atoms in total. The van der Waals surface area contributed by atoms with Crippen molar-refractivity contribution in [3.8, 4) is 11.5 Å². The van der Waals surface area contributed by atoms with E-state index in [0.717, 1.165) is 19.4 Å². The summed E-state index contributed by atoms with van der Waals surface area (Å²) < 4.78 is 11.1. The van der Waals surface area contributed by atoms with Crippen LogP contribution in [0.3, 0.4) is 0 Å². The van der Waals surface area contributed by atoms with Crippen LogP contribution in [-0.4, -0.2) is 50.6 Å². The van der Waals surface area contributed by atoms with E-state index in [2.05, 4.69) is 21.2 Å². The number of halogens is 1. The minimum atomic E-state index is -0.228. The zero-order valence-corrected chi connectivity index (χ0v) is 14.9. The number of nitrogens with zero attached hydrogens (tertiary/aromatic N) is 1. The molecule has 0 atom stereocenters. The highest BCUT2D eigenvalue weighted by Crippen LogP contribution is 2.33. The second-order valence-corrected chi connectivity index (χ2v) is 6.14. The highest BCUT2D eigenvalue weighted by molar-refractivity contribution is 9.10. The van der Waals surface area contributed by atoms with Gasteiger partial charge < -0.3 is 19.7 Å². The maximum absolute atomic E-state index is 12.4. The van der Waals surface area contributed by atoms with Crippen LogP contribution in [0.1, 0.15) is 29.6 Å². The Morgan fingerprint density at radius 2 is 2.13 bits per heavy atom. The van der Waals surface area contributed by atoms with Crippen LogP contribution in [0.2, 0.25) is 0 Å². The van der Waals surface area contributed by atoms with Crippen molar-refractivity contribution in [3.05, 3.63) is 22.2 Å². The van der Waals surface area contributed by atoms with Gasteiger partial charge in [0.25, 0.3) is 5.91 Å². The van der Waals surface area contributed by atoms with Gasteiger partial charge in [-0.2, -0.15) is 0 Å². The number of carbonyl (C=O) groups is 2. The summed E-state index contributed by atoms with van der Waals surface area (Å²) >= 11 is 3.37. The molecule has 7 heteroatoms. The minimum absolute atomic E-state index is 0.203. The van der Waals surface area contributed by atoms with Gasteiger partial charge in [-0.1, -0.05) is 0 Å². The summed E-state index contributed by atoms with van der Waals surface area (Å²) in [6, 6.07) is 3.39. The molecule has 1 aromatic rings. The number of benzene rings is 1. The van der Waals surface area contributed by atoms with E-state index in [1.807, 2.05) is 4.90 Å². The fourth-order valence-electron chi connectivity index (χ4n) is 2.57. The lowest BCUT2D eigenvalue weighted by atomic mass is 10.1. The Kier molecular flexibility index (Phi) is 6.27. The summed E-state index contributed by atoms with van der Waals surface area (Å²) in [5, 5.41) is 2.86. The smallest absolute Gasteiger partial charge is 0.255 e. The number of hydrogen-bond acceptors (Lipinski definition) is 4. The molecule has 2 amide bonds. The van der Waals surface area contributed by atoms with Crippen LogP contribution in [0, 0.1) is 0 Å². The summed E-state index contributed by atoms with van der Waals surface area (Å²) in [7, 11) is 3.06. The van der Waals surface area contributed by atoms with Gasteiger partial charge in [-0.3, -0.25) is 9.59 Å². The molecular weight excluding hydrogens is 364 g/mol. The van der Waals surface area contributed by atoms with Gasteiger partial charge in [-0.05, 0) is 40.9 Å². The van der Waals surface area contributed by atoms with Crippen molar-refractivity contribution in [2.45, 2.75) is 19.3 Å². The van der Waals surface area contributed by atoms with Crippen LogP contribution >= 0.6 is 15.9 Å². The lowest BCUT2D eigenvalue weighted by Crippen LogP contribution is -2.30. The standard InChI is InChI=1S/C16H21BrN2O4/c1-22-11-9-12(15(23-2)13(17)10-11)16(21)18-6-4-8-19-7-3-5-14(19)20/h9-10H,3-8H2,1-2H3,(H,18,21). The van der Waals surface area contributed by atoms with E-state index in [4.69, 9.17) is 9.47 Å². The van der Waals surface area contributed by atoms with Crippen LogP contribution < -0.4 is 14.8 Å². The predicted octanol–water partition coefficient (Wildman–Crippen LogP) is 2.21. The second-order valence-electron chi connectivity index (χ2n) is 5.28. The van der Waals surface area contributed by atoms with Crippen LogP contribution in [0.15, 0.2) is 16.6 Å². The number of amides is 2. The van der Waals surface area contributed by atoms with Gasteiger partial charge >= 0.3 is 0 Å². The minimum Gasteiger partial charge on any atom is -0.497 e. The number of methoxy groups -OCH3 is 2. The molecule has 1 aliphatic rings. The highest BCUT2D eigenvalue weighted by Gasteiger charge is 2.20. The molecule has 1 aliphatic heterocycles. The van der Waals surface area contributed by atoms with Gasteiger partial charge in [0.1, 0.15) is 11.5 Å². The lowest BCUT2D eigenvalue weighted by Gasteiger charge is -2.16. The van der Waals surface area contributed by atoms with E-state index in [1.54, 1.807) is 19.2 Å². The predicted molar refractivity (Wildman–Crippen MR) is 90.0 cm³/mol. The Morgan fingerprint density at radius 1 is 1.35 bits per heavy atom. The van der Waals surface area contributed by atoms with Crippen molar-refractivity contribution in [2.24, 2.45) is 0 Å². The topological polar surface area (TPSA) is 67.9 Å². The quantitative estimate of drug-likeness (QED) is 0.731. The molecule has 0 saturated carbocycles. The maximum Gasteiger partial charge on any atom is 0.255 e. The first-order valence-electron chi connectivity index (χ1n) is 7.54. The molecule has 126 valence electrons. The molecule has 0 radical (unpaired) electrons. The largest absolute Gasteiger partial charge is 0.497 e. The van der Waals surface area contributed by atoms with E-state index in [1.165, 1.54) is 7.11 Å². The summed E-state index contributed by atoms with van der Waals surface area (Å²) in [6.45, 7) is 2.00.